The summed E-state index contributed by atoms with van der Waals surface area (Å²) in [5, 5.41) is 5.06. The minimum atomic E-state index is -0.577. The number of piperidine rings is 1. The zero-order chi connectivity index (χ0) is 26.3. The van der Waals surface area contributed by atoms with Crippen LogP contribution in [-0.4, -0.2) is 64.9 Å². The van der Waals surface area contributed by atoms with E-state index in [1.54, 1.807) is 48.6 Å². The number of aromatic nitrogens is 5. The number of carbonyl (C=O) groups excluding carboxylic acids is 3. The standard InChI is InChI=1S/C27H27N7O3/c1-5-7-20(28-6-2)27(37)23-9-17-8-22(17)34(23)25(36)14-33-24-13-31-21(18-11-29-16(4)30-12-18)10-19(24)26(32-33)15(3)35/h5-7,10-13,17,22-23H,2,8-9,14H2,1,3-4H3/b7-5-,28-20?/t17-,22-,23+/m1/s1. The minimum Gasteiger partial charge on any atom is -0.327 e. The van der Waals surface area contributed by atoms with Gasteiger partial charge in [-0.15, -0.1) is 0 Å². The molecule has 10 nitrogen and oxygen atoms in total. The summed E-state index contributed by atoms with van der Waals surface area (Å²) in [6.45, 7) is 8.53. The van der Waals surface area contributed by atoms with Gasteiger partial charge in [0, 0.05) is 42.5 Å². The number of allylic oxidation sites excluding steroid dienone is 2. The maximum absolute atomic E-state index is 13.6. The lowest BCUT2D eigenvalue weighted by Gasteiger charge is -2.26. The van der Waals surface area contributed by atoms with Crippen molar-refractivity contribution in [2.45, 2.75) is 52.2 Å². The Kier molecular flexibility index (Phi) is 6.32. The Morgan fingerprint density at radius 1 is 1.16 bits per heavy atom. The average Bonchev–Trinajstić information content (AvgIpc) is 3.39. The van der Waals surface area contributed by atoms with Crippen LogP contribution >= 0.6 is 0 Å². The van der Waals surface area contributed by atoms with Crippen molar-refractivity contribution < 1.29 is 14.4 Å². The van der Waals surface area contributed by atoms with Gasteiger partial charge < -0.3 is 4.90 Å². The molecule has 4 heterocycles. The van der Waals surface area contributed by atoms with Crippen LogP contribution in [0.3, 0.4) is 0 Å². The van der Waals surface area contributed by atoms with E-state index in [1.165, 1.54) is 17.8 Å². The largest absolute Gasteiger partial charge is 0.327 e. The van der Waals surface area contributed by atoms with Crippen LogP contribution in [0.5, 0.6) is 0 Å². The Morgan fingerprint density at radius 3 is 2.59 bits per heavy atom. The summed E-state index contributed by atoms with van der Waals surface area (Å²) in [4.78, 5) is 58.0. The molecule has 1 amide bonds. The van der Waals surface area contributed by atoms with Gasteiger partial charge in [0.1, 0.15) is 23.8 Å². The van der Waals surface area contributed by atoms with Gasteiger partial charge in [0.15, 0.2) is 5.78 Å². The highest BCUT2D eigenvalue weighted by Crippen LogP contribution is 2.48. The summed E-state index contributed by atoms with van der Waals surface area (Å²) in [6, 6.07) is 1.23. The molecular formula is C27H27N7O3. The molecule has 0 N–H and O–H groups in total. The number of rotatable bonds is 8. The molecule has 3 atom stereocenters. The van der Waals surface area contributed by atoms with Gasteiger partial charge in [-0.3, -0.25) is 29.0 Å². The number of Topliss-reactive ketones (excluding diaryl/α,β-unsaturated/α-hetero) is 2. The van der Waals surface area contributed by atoms with Gasteiger partial charge in [-0.2, -0.15) is 5.10 Å². The van der Waals surface area contributed by atoms with E-state index in [0.29, 0.717) is 40.3 Å². The second-order valence-corrected chi connectivity index (χ2v) is 9.34. The lowest BCUT2D eigenvalue weighted by molar-refractivity contribution is -0.137. The van der Waals surface area contributed by atoms with Crippen molar-refractivity contribution >= 4 is 34.1 Å². The lowest BCUT2D eigenvalue weighted by atomic mass is 10.0. The fourth-order valence-electron chi connectivity index (χ4n) is 5.01. The topological polar surface area (TPSA) is 123 Å². The molecule has 5 rings (SSSR count). The van der Waals surface area contributed by atoms with Gasteiger partial charge in [-0.1, -0.05) is 12.7 Å². The van der Waals surface area contributed by atoms with Crippen LogP contribution < -0.4 is 0 Å². The van der Waals surface area contributed by atoms with Crippen LogP contribution in [0.2, 0.25) is 0 Å². The predicted octanol–water partition coefficient (Wildman–Crippen LogP) is 3.12. The summed E-state index contributed by atoms with van der Waals surface area (Å²) in [6.07, 6.45) is 11.2. The fourth-order valence-corrected chi connectivity index (χ4v) is 5.01. The Hall–Kier alpha value is -4.34. The molecule has 0 bridgehead atoms. The molecule has 1 aliphatic heterocycles. The predicted molar refractivity (Wildman–Crippen MR) is 138 cm³/mol. The summed E-state index contributed by atoms with van der Waals surface area (Å²) in [5.41, 5.74) is 2.41. The molecule has 0 spiro atoms. The highest BCUT2D eigenvalue weighted by Gasteiger charge is 2.56. The van der Waals surface area contributed by atoms with Crippen molar-refractivity contribution in [2.24, 2.45) is 10.9 Å². The average molecular weight is 498 g/mol. The van der Waals surface area contributed by atoms with Gasteiger partial charge in [0.25, 0.3) is 0 Å². The molecule has 1 saturated carbocycles. The Bertz CT molecular complexity index is 1490. The van der Waals surface area contributed by atoms with Crippen molar-refractivity contribution in [3.63, 3.8) is 0 Å². The van der Waals surface area contributed by atoms with Gasteiger partial charge in [-0.05, 0) is 44.7 Å². The van der Waals surface area contributed by atoms with Crippen molar-refractivity contribution in [3.8, 4) is 11.3 Å². The van der Waals surface area contributed by atoms with Crippen LogP contribution in [-0.2, 0) is 16.1 Å². The SMILES string of the molecule is C=CN=C(/C=C\C)C(=O)[C@@H]1C[C@H]2C[C@H]2N1C(=O)Cn1nc(C(C)=O)c2cc(-c3cnc(C)nc3)ncc21. The first-order valence-electron chi connectivity index (χ1n) is 12.2. The van der Waals surface area contributed by atoms with E-state index >= 15 is 0 Å². The lowest BCUT2D eigenvalue weighted by Crippen LogP contribution is -2.46. The molecule has 3 aromatic rings. The van der Waals surface area contributed by atoms with Crippen LogP contribution in [0, 0.1) is 12.8 Å². The number of pyridine rings is 1. The number of fused-ring (bicyclic) bond motifs is 2. The number of carbonyl (C=O) groups is 3. The molecule has 1 saturated heterocycles. The minimum absolute atomic E-state index is 0.0393. The van der Waals surface area contributed by atoms with E-state index in [4.69, 9.17) is 0 Å². The van der Waals surface area contributed by atoms with Crippen molar-refractivity contribution in [2.75, 3.05) is 0 Å². The zero-order valence-corrected chi connectivity index (χ0v) is 21.0. The van der Waals surface area contributed by atoms with Gasteiger partial charge >= 0.3 is 0 Å². The number of ketones is 2. The highest BCUT2D eigenvalue weighted by molar-refractivity contribution is 6.46. The maximum Gasteiger partial charge on any atom is 0.245 e. The van der Waals surface area contributed by atoms with E-state index in [0.717, 1.165) is 6.42 Å². The van der Waals surface area contributed by atoms with E-state index in [-0.39, 0.29) is 41.5 Å². The zero-order valence-electron chi connectivity index (χ0n) is 21.0. The van der Waals surface area contributed by atoms with Crippen LogP contribution in [0.25, 0.3) is 22.2 Å². The van der Waals surface area contributed by atoms with Crippen LogP contribution in [0.4, 0.5) is 0 Å². The number of amides is 1. The number of nitrogens with zero attached hydrogens (tertiary/aromatic N) is 7. The molecule has 1 aliphatic carbocycles. The molecule has 10 heteroatoms. The Labute approximate surface area is 213 Å². The second-order valence-electron chi connectivity index (χ2n) is 9.34. The van der Waals surface area contributed by atoms with Gasteiger partial charge in [0.05, 0.1) is 23.4 Å². The molecule has 0 radical (unpaired) electrons. The first-order valence-corrected chi connectivity index (χ1v) is 12.2. The number of aryl methyl sites for hydroxylation is 1. The normalized spacial score (nSPS) is 20.9. The quantitative estimate of drug-likeness (QED) is 0.346. The van der Waals surface area contributed by atoms with Crippen molar-refractivity contribution in [1.29, 1.82) is 0 Å². The van der Waals surface area contributed by atoms with Gasteiger partial charge in [-0.25, -0.2) is 9.97 Å². The molecule has 3 aromatic heterocycles. The number of hydrogen-bond acceptors (Lipinski definition) is 8. The summed E-state index contributed by atoms with van der Waals surface area (Å²) in [7, 11) is 0. The Balaban J connectivity index is 1.46. The summed E-state index contributed by atoms with van der Waals surface area (Å²) in [5.74, 6) is 0.321. The molecule has 2 aliphatic rings. The smallest absolute Gasteiger partial charge is 0.245 e. The maximum atomic E-state index is 13.6. The number of hydrogen-bond donors (Lipinski definition) is 0. The monoisotopic (exact) mass is 497 g/mol. The Morgan fingerprint density at radius 2 is 1.92 bits per heavy atom. The van der Waals surface area contributed by atoms with E-state index in [2.05, 4.69) is 31.6 Å². The second kappa shape index (κ2) is 9.61. The summed E-state index contributed by atoms with van der Waals surface area (Å²) >= 11 is 0. The number of aliphatic imine (C=N–C) groups is 1. The van der Waals surface area contributed by atoms with Crippen molar-refractivity contribution in [1.82, 2.24) is 29.6 Å². The molecule has 0 aromatic carbocycles. The van der Waals surface area contributed by atoms with Gasteiger partial charge in [0.2, 0.25) is 11.7 Å². The molecular weight excluding hydrogens is 470 g/mol. The summed E-state index contributed by atoms with van der Waals surface area (Å²) < 4.78 is 1.50. The van der Waals surface area contributed by atoms with Crippen molar-refractivity contribution in [3.05, 3.63) is 61.1 Å². The van der Waals surface area contributed by atoms with E-state index in [9.17, 15) is 14.4 Å². The number of likely N-dealkylation sites (tertiary alicyclic amines) is 1. The fraction of sp³-hybridized carbons (Fsp3) is 0.333. The first-order chi connectivity index (χ1) is 17.8. The third-order valence-corrected chi connectivity index (χ3v) is 6.83. The van der Waals surface area contributed by atoms with Crippen LogP contribution in [0.1, 0.15) is 43.0 Å². The molecule has 37 heavy (non-hydrogen) atoms. The first kappa shape index (κ1) is 24.4. The van der Waals surface area contributed by atoms with E-state index in [1.807, 2.05) is 6.92 Å². The third kappa shape index (κ3) is 4.50. The molecule has 0 unspecified atom stereocenters. The molecule has 188 valence electrons. The van der Waals surface area contributed by atoms with E-state index < -0.39 is 6.04 Å². The third-order valence-electron chi connectivity index (χ3n) is 6.83. The molecule has 2 fully saturated rings. The van der Waals surface area contributed by atoms with Crippen LogP contribution in [0.15, 0.2) is 54.6 Å². The highest BCUT2D eigenvalue weighted by atomic mass is 16.2.